The van der Waals surface area contributed by atoms with Crippen molar-refractivity contribution in [3.05, 3.63) is 41.2 Å². The number of hydrogen-bond donors (Lipinski definition) is 2. The zero-order valence-electron chi connectivity index (χ0n) is 11.7. The molecule has 20 heavy (non-hydrogen) atoms. The van der Waals surface area contributed by atoms with Gasteiger partial charge in [0, 0.05) is 10.9 Å². The number of hydrogen-bond acceptors (Lipinski definition) is 3. The molecule has 0 saturated heterocycles. The molecule has 0 radical (unpaired) electrons. The third-order valence-corrected chi connectivity index (χ3v) is 4.08. The van der Waals surface area contributed by atoms with Crippen LogP contribution in [0.1, 0.15) is 29.8 Å². The van der Waals surface area contributed by atoms with Crippen LogP contribution in [0.3, 0.4) is 0 Å². The van der Waals surface area contributed by atoms with Crippen molar-refractivity contribution in [3.8, 4) is 10.4 Å². The highest BCUT2D eigenvalue weighted by atomic mass is 32.1. The lowest BCUT2D eigenvalue weighted by molar-refractivity contribution is 0.0944. The molecule has 0 aliphatic heterocycles. The standard InChI is InChI=1S/C15H17FN2OS/c1-8(2)18-15(19)12-9(3)13(20-14(12)17)10-5-4-6-11(16)7-10/h4-8H,17H2,1-3H3,(H,18,19). The van der Waals surface area contributed by atoms with Crippen LogP contribution < -0.4 is 11.1 Å². The normalized spacial score (nSPS) is 10.8. The number of halogens is 1. The van der Waals surface area contributed by atoms with Gasteiger partial charge in [0.15, 0.2) is 0 Å². The molecule has 3 nitrogen and oxygen atoms in total. The molecule has 0 saturated carbocycles. The van der Waals surface area contributed by atoms with E-state index in [9.17, 15) is 9.18 Å². The van der Waals surface area contributed by atoms with E-state index in [1.165, 1.54) is 23.5 Å². The molecule has 5 heteroatoms. The molecule has 1 aromatic carbocycles. The predicted octanol–water partition coefficient (Wildman–Crippen LogP) is 3.58. The minimum absolute atomic E-state index is 0.0406. The van der Waals surface area contributed by atoms with Gasteiger partial charge < -0.3 is 11.1 Å². The number of nitrogen functional groups attached to an aromatic ring is 1. The zero-order valence-corrected chi connectivity index (χ0v) is 12.5. The first-order valence-electron chi connectivity index (χ1n) is 6.35. The van der Waals surface area contributed by atoms with E-state index in [1.807, 2.05) is 26.8 Å². The summed E-state index contributed by atoms with van der Waals surface area (Å²) in [5.41, 5.74) is 7.97. The van der Waals surface area contributed by atoms with E-state index in [1.54, 1.807) is 6.07 Å². The highest BCUT2D eigenvalue weighted by molar-refractivity contribution is 7.19. The number of benzene rings is 1. The summed E-state index contributed by atoms with van der Waals surface area (Å²) in [5.74, 6) is -0.490. The number of carbonyl (C=O) groups excluding carboxylic acids is 1. The molecule has 0 aliphatic carbocycles. The average Bonchev–Trinajstić information content (AvgIpc) is 2.64. The van der Waals surface area contributed by atoms with Gasteiger partial charge in [-0.15, -0.1) is 11.3 Å². The van der Waals surface area contributed by atoms with E-state index in [0.717, 1.165) is 16.0 Å². The van der Waals surface area contributed by atoms with Gasteiger partial charge in [0.25, 0.3) is 5.91 Å². The molecular weight excluding hydrogens is 275 g/mol. The van der Waals surface area contributed by atoms with Crippen LogP contribution in [0.2, 0.25) is 0 Å². The number of rotatable bonds is 3. The lowest BCUT2D eigenvalue weighted by atomic mass is 10.1. The Morgan fingerprint density at radius 2 is 2.10 bits per heavy atom. The summed E-state index contributed by atoms with van der Waals surface area (Å²) in [6.07, 6.45) is 0. The molecule has 0 bridgehead atoms. The highest BCUT2D eigenvalue weighted by Crippen LogP contribution is 2.38. The van der Waals surface area contributed by atoms with Crippen LogP contribution >= 0.6 is 11.3 Å². The van der Waals surface area contributed by atoms with Crippen molar-refractivity contribution in [1.29, 1.82) is 0 Å². The van der Waals surface area contributed by atoms with Crippen LogP contribution in [0.25, 0.3) is 10.4 Å². The van der Waals surface area contributed by atoms with E-state index in [2.05, 4.69) is 5.32 Å². The number of nitrogens with two attached hydrogens (primary N) is 1. The minimum atomic E-state index is -0.304. The molecule has 1 amide bonds. The smallest absolute Gasteiger partial charge is 0.254 e. The summed E-state index contributed by atoms with van der Waals surface area (Å²) >= 11 is 1.31. The second-order valence-corrected chi connectivity index (χ2v) is 5.99. The molecule has 1 aromatic heterocycles. The van der Waals surface area contributed by atoms with Gasteiger partial charge in [0.2, 0.25) is 0 Å². The molecule has 0 aliphatic rings. The quantitative estimate of drug-likeness (QED) is 0.908. The molecule has 2 rings (SSSR count). The fourth-order valence-corrected chi connectivity index (χ4v) is 3.13. The minimum Gasteiger partial charge on any atom is -0.390 e. The molecule has 0 fully saturated rings. The fraction of sp³-hybridized carbons (Fsp3) is 0.267. The van der Waals surface area contributed by atoms with Gasteiger partial charge in [-0.3, -0.25) is 4.79 Å². The number of anilines is 1. The van der Waals surface area contributed by atoms with Crippen LogP contribution in [0.5, 0.6) is 0 Å². The third-order valence-electron chi connectivity index (χ3n) is 2.91. The van der Waals surface area contributed by atoms with Crippen LogP contribution in [0.4, 0.5) is 9.39 Å². The van der Waals surface area contributed by atoms with Crippen LogP contribution in [0, 0.1) is 12.7 Å². The van der Waals surface area contributed by atoms with E-state index in [0.29, 0.717) is 10.6 Å². The molecule has 0 atom stereocenters. The van der Waals surface area contributed by atoms with Gasteiger partial charge in [0.05, 0.1) is 10.6 Å². The average molecular weight is 292 g/mol. The summed E-state index contributed by atoms with van der Waals surface area (Å²) in [6, 6.07) is 6.34. The Hall–Kier alpha value is -1.88. The second-order valence-electron chi connectivity index (χ2n) is 4.93. The maximum Gasteiger partial charge on any atom is 0.254 e. The monoisotopic (exact) mass is 292 g/mol. The van der Waals surface area contributed by atoms with Gasteiger partial charge in [-0.25, -0.2) is 4.39 Å². The van der Waals surface area contributed by atoms with Gasteiger partial charge in [-0.05, 0) is 44.0 Å². The van der Waals surface area contributed by atoms with Crippen molar-refractivity contribution in [2.75, 3.05) is 5.73 Å². The first-order chi connectivity index (χ1) is 9.40. The van der Waals surface area contributed by atoms with E-state index in [4.69, 9.17) is 5.73 Å². The maximum absolute atomic E-state index is 13.3. The highest BCUT2D eigenvalue weighted by Gasteiger charge is 2.20. The Bertz CT molecular complexity index is 649. The first-order valence-corrected chi connectivity index (χ1v) is 7.17. The summed E-state index contributed by atoms with van der Waals surface area (Å²) in [4.78, 5) is 13.0. The summed E-state index contributed by atoms with van der Waals surface area (Å²) in [6.45, 7) is 5.62. The SMILES string of the molecule is Cc1c(-c2cccc(F)c2)sc(N)c1C(=O)NC(C)C. The number of thiophene rings is 1. The zero-order chi connectivity index (χ0) is 14.9. The topological polar surface area (TPSA) is 55.1 Å². The number of amides is 1. The predicted molar refractivity (Wildman–Crippen MR) is 81.5 cm³/mol. The molecule has 2 aromatic rings. The molecule has 106 valence electrons. The summed E-state index contributed by atoms with van der Waals surface area (Å²) < 4.78 is 13.3. The van der Waals surface area contributed by atoms with Crippen molar-refractivity contribution in [3.63, 3.8) is 0 Å². The first kappa shape index (κ1) is 14.5. The van der Waals surface area contributed by atoms with Gasteiger partial charge >= 0.3 is 0 Å². The van der Waals surface area contributed by atoms with Crippen molar-refractivity contribution in [2.24, 2.45) is 0 Å². The van der Waals surface area contributed by atoms with Crippen molar-refractivity contribution in [2.45, 2.75) is 26.8 Å². The van der Waals surface area contributed by atoms with Crippen LogP contribution in [0.15, 0.2) is 24.3 Å². The van der Waals surface area contributed by atoms with Gasteiger partial charge in [-0.1, -0.05) is 12.1 Å². The summed E-state index contributed by atoms with van der Waals surface area (Å²) in [5, 5.41) is 3.29. The lowest BCUT2D eigenvalue weighted by Gasteiger charge is -2.09. The number of nitrogens with one attached hydrogen (secondary N) is 1. The van der Waals surface area contributed by atoms with Crippen LogP contribution in [-0.2, 0) is 0 Å². The molecule has 0 unspecified atom stereocenters. The van der Waals surface area contributed by atoms with Crippen molar-refractivity contribution in [1.82, 2.24) is 5.32 Å². The van der Waals surface area contributed by atoms with Gasteiger partial charge in [0.1, 0.15) is 5.82 Å². The molecule has 3 N–H and O–H groups in total. The molecule has 0 spiro atoms. The van der Waals surface area contributed by atoms with E-state index < -0.39 is 0 Å². The van der Waals surface area contributed by atoms with Crippen molar-refractivity contribution < 1.29 is 9.18 Å². The molecule has 1 heterocycles. The number of carbonyl (C=O) groups is 1. The summed E-state index contributed by atoms with van der Waals surface area (Å²) in [7, 11) is 0. The van der Waals surface area contributed by atoms with E-state index >= 15 is 0 Å². The Labute approximate surface area is 121 Å². The Morgan fingerprint density at radius 1 is 1.40 bits per heavy atom. The van der Waals surface area contributed by atoms with E-state index in [-0.39, 0.29) is 17.8 Å². The fourth-order valence-electron chi connectivity index (χ4n) is 2.06. The van der Waals surface area contributed by atoms with Crippen LogP contribution in [-0.4, -0.2) is 11.9 Å². The third kappa shape index (κ3) is 2.82. The Kier molecular flexibility index (Phi) is 4.09. The Balaban J connectivity index is 2.46. The molecular formula is C15H17FN2OS. The Morgan fingerprint density at radius 3 is 2.70 bits per heavy atom. The largest absolute Gasteiger partial charge is 0.390 e. The van der Waals surface area contributed by atoms with Gasteiger partial charge in [-0.2, -0.15) is 0 Å². The lowest BCUT2D eigenvalue weighted by Crippen LogP contribution is -2.30. The second kappa shape index (κ2) is 5.63. The van der Waals surface area contributed by atoms with Crippen molar-refractivity contribution >= 4 is 22.2 Å². The maximum atomic E-state index is 13.3.